The molecular weight excluding hydrogens is 409 g/mol. The van der Waals surface area contributed by atoms with Crippen LogP contribution in [0.5, 0.6) is 0 Å². The number of ether oxygens (including phenoxy) is 1. The maximum absolute atomic E-state index is 13.1. The van der Waals surface area contributed by atoms with Gasteiger partial charge in [-0.2, -0.15) is 18.3 Å². The van der Waals surface area contributed by atoms with Crippen molar-refractivity contribution in [3.8, 4) is 0 Å². The minimum Gasteiger partial charge on any atom is -0.398 e. The van der Waals surface area contributed by atoms with Crippen molar-refractivity contribution in [2.24, 2.45) is 0 Å². The van der Waals surface area contributed by atoms with Gasteiger partial charge in [-0.15, -0.1) is 0 Å². The Kier molecular flexibility index (Phi) is 6.38. The normalized spacial score (nSPS) is 19.9. The standard InChI is InChI=1S/C19H22ClF3N4O2/c1-29-13-7-5-12(6-8-13)27(10-11-3-2-4-14(24)17(11)20)18(28)15-9-16(26-25-15)19(21,22)23/h2-4,9,12-13H,5-8,10,24H2,1H3,(H,25,26)/t12-,13-. The molecule has 2 aromatic rings. The van der Waals surface area contributed by atoms with E-state index >= 15 is 0 Å². The van der Waals surface area contributed by atoms with Gasteiger partial charge in [-0.05, 0) is 37.3 Å². The number of carbonyl (C=O) groups is 1. The first-order valence-electron chi connectivity index (χ1n) is 9.20. The van der Waals surface area contributed by atoms with Crippen molar-refractivity contribution in [2.45, 2.75) is 50.6 Å². The predicted molar refractivity (Wildman–Crippen MR) is 102 cm³/mol. The summed E-state index contributed by atoms with van der Waals surface area (Å²) >= 11 is 6.28. The molecule has 0 aliphatic heterocycles. The number of carbonyl (C=O) groups excluding carboxylic acids is 1. The Morgan fingerprint density at radius 3 is 2.62 bits per heavy atom. The quantitative estimate of drug-likeness (QED) is 0.694. The number of nitrogens with zero attached hydrogens (tertiary/aromatic N) is 2. The molecule has 1 saturated carbocycles. The summed E-state index contributed by atoms with van der Waals surface area (Å²) in [5, 5.41) is 5.79. The van der Waals surface area contributed by atoms with Gasteiger partial charge in [0, 0.05) is 25.8 Å². The largest absolute Gasteiger partial charge is 0.435 e. The molecule has 0 unspecified atom stereocenters. The van der Waals surface area contributed by atoms with Crippen molar-refractivity contribution in [3.63, 3.8) is 0 Å². The SMILES string of the molecule is CO[C@H]1CC[C@H](N(Cc2cccc(N)c2Cl)C(=O)c2cc(C(F)(F)F)n[nH]2)CC1. The van der Waals surface area contributed by atoms with Crippen LogP contribution in [0.2, 0.25) is 5.02 Å². The van der Waals surface area contributed by atoms with E-state index in [1.54, 1.807) is 30.2 Å². The molecule has 1 aromatic carbocycles. The Morgan fingerprint density at radius 2 is 2.03 bits per heavy atom. The number of hydrogen-bond donors (Lipinski definition) is 2. The molecule has 0 spiro atoms. The Morgan fingerprint density at radius 1 is 1.34 bits per heavy atom. The molecule has 29 heavy (non-hydrogen) atoms. The molecule has 10 heteroatoms. The minimum atomic E-state index is -4.63. The summed E-state index contributed by atoms with van der Waals surface area (Å²) in [4.78, 5) is 14.7. The van der Waals surface area contributed by atoms with Gasteiger partial charge in [0.1, 0.15) is 5.69 Å². The number of halogens is 4. The van der Waals surface area contributed by atoms with Gasteiger partial charge in [0.25, 0.3) is 5.91 Å². The monoisotopic (exact) mass is 430 g/mol. The van der Waals surface area contributed by atoms with E-state index in [4.69, 9.17) is 22.1 Å². The number of alkyl halides is 3. The van der Waals surface area contributed by atoms with Crippen molar-refractivity contribution < 1.29 is 22.7 Å². The van der Waals surface area contributed by atoms with Crippen LogP contribution in [-0.2, 0) is 17.5 Å². The molecule has 1 aromatic heterocycles. The Labute approximate surface area is 171 Å². The van der Waals surface area contributed by atoms with Crippen LogP contribution < -0.4 is 5.73 Å². The fraction of sp³-hybridized carbons (Fsp3) is 0.474. The van der Waals surface area contributed by atoms with E-state index in [0.29, 0.717) is 29.1 Å². The lowest BCUT2D eigenvalue weighted by atomic mass is 9.91. The average molecular weight is 431 g/mol. The fourth-order valence-electron chi connectivity index (χ4n) is 3.60. The van der Waals surface area contributed by atoms with E-state index in [-0.39, 0.29) is 24.4 Å². The molecule has 1 amide bonds. The van der Waals surface area contributed by atoms with Gasteiger partial charge in [0.15, 0.2) is 5.69 Å². The lowest BCUT2D eigenvalue weighted by Gasteiger charge is -2.36. The topological polar surface area (TPSA) is 84.2 Å². The fourth-order valence-corrected chi connectivity index (χ4v) is 3.78. The molecule has 0 atom stereocenters. The zero-order valence-electron chi connectivity index (χ0n) is 15.8. The first-order chi connectivity index (χ1) is 13.7. The zero-order chi connectivity index (χ0) is 21.2. The van der Waals surface area contributed by atoms with Gasteiger partial charge >= 0.3 is 6.18 Å². The lowest BCUT2D eigenvalue weighted by molar-refractivity contribution is -0.141. The van der Waals surface area contributed by atoms with Crippen LogP contribution in [0.25, 0.3) is 0 Å². The molecule has 1 aliphatic rings. The van der Waals surface area contributed by atoms with E-state index in [0.717, 1.165) is 18.9 Å². The van der Waals surface area contributed by atoms with Crippen LogP contribution in [0.4, 0.5) is 18.9 Å². The molecule has 0 radical (unpaired) electrons. The summed E-state index contributed by atoms with van der Waals surface area (Å²) in [5.74, 6) is -0.563. The predicted octanol–water partition coefficient (Wildman–Crippen LogP) is 4.26. The number of H-pyrrole nitrogens is 1. The second kappa shape index (κ2) is 8.62. The molecule has 3 N–H and O–H groups in total. The van der Waals surface area contributed by atoms with E-state index in [2.05, 4.69) is 10.2 Å². The van der Waals surface area contributed by atoms with Crippen molar-refractivity contribution >= 4 is 23.2 Å². The number of aromatic amines is 1. The van der Waals surface area contributed by atoms with Crippen molar-refractivity contribution in [3.05, 3.63) is 46.2 Å². The maximum Gasteiger partial charge on any atom is 0.435 e. The second-order valence-corrected chi connectivity index (χ2v) is 7.46. The minimum absolute atomic E-state index is 0.114. The number of benzene rings is 1. The molecule has 158 valence electrons. The molecule has 1 heterocycles. The lowest BCUT2D eigenvalue weighted by Crippen LogP contribution is -2.43. The van der Waals surface area contributed by atoms with Crippen LogP contribution in [0.3, 0.4) is 0 Å². The van der Waals surface area contributed by atoms with Crippen LogP contribution in [-0.4, -0.2) is 40.3 Å². The molecule has 1 fully saturated rings. The molecular formula is C19H22ClF3N4O2. The van der Waals surface area contributed by atoms with Gasteiger partial charge in [0.2, 0.25) is 0 Å². The van der Waals surface area contributed by atoms with Crippen LogP contribution in [0.15, 0.2) is 24.3 Å². The molecule has 1 aliphatic carbocycles. The third kappa shape index (κ3) is 4.84. The molecule has 0 bridgehead atoms. The third-order valence-electron chi connectivity index (χ3n) is 5.23. The zero-order valence-corrected chi connectivity index (χ0v) is 16.6. The number of amides is 1. The van der Waals surface area contributed by atoms with Crippen molar-refractivity contribution in [1.29, 1.82) is 0 Å². The first-order valence-corrected chi connectivity index (χ1v) is 9.57. The van der Waals surface area contributed by atoms with Crippen LogP contribution in [0.1, 0.15) is 47.4 Å². The summed E-state index contributed by atoms with van der Waals surface area (Å²) in [5.41, 5.74) is 5.51. The third-order valence-corrected chi connectivity index (χ3v) is 5.69. The highest BCUT2D eigenvalue weighted by atomic mass is 35.5. The van der Waals surface area contributed by atoms with E-state index in [1.165, 1.54) is 0 Å². The van der Waals surface area contributed by atoms with Gasteiger partial charge < -0.3 is 15.4 Å². The number of nitrogen functional groups attached to an aromatic ring is 1. The smallest absolute Gasteiger partial charge is 0.398 e. The van der Waals surface area contributed by atoms with E-state index in [1.807, 2.05) is 0 Å². The number of rotatable bonds is 5. The Bertz CT molecular complexity index is 863. The number of hydrogen-bond acceptors (Lipinski definition) is 4. The van der Waals surface area contributed by atoms with Gasteiger partial charge in [-0.1, -0.05) is 23.7 Å². The Balaban J connectivity index is 1.88. The summed E-state index contributed by atoms with van der Waals surface area (Å²) in [6.07, 6.45) is -1.66. The first kappa shape index (κ1) is 21.4. The highest BCUT2D eigenvalue weighted by molar-refractivity contribution is 6.33. The average Bonchev–Trinajstić information content (AvgIpc) is 3.20. The summed E-state index contributed by atoms with van der Waals surface area (Å²) in [6.45, 7) is 0.130. The number of nitrogens with two attached hydrogens (primary N) is 1. The number of aromatic nitrogens is 2. The van der Waals surface area contributed by atoms with E-state index in [9.17, 15) is 18.0 Å². The summed E-state index contributed by atoms with van der Waals surface area (Å²) in [6, 6.07) is 5.68. The molecule has 3 rings (SSSR count). The van der Waals surface area contributed by atoms with Gasteiger partial charge in [0.05, 0.1) is 16.8 Å². The maximum atomic E-state index is 13.1. The summed E-state index contributed by atoms with van der Waals surface area (Å²) in [7, 11) is 1.64. The van der Waals surface area contributed by atoms with Crippen LogP contribution >= 0.6 is 11.6 Å². The highest BCUT2D eigenvalue weighted by Gasteiger charge is 2.36. The van der Waals surface area contributed by atoms with Gasteiger partial charge in [-0.3, -0.25) is 9.89 Å². The molecule has 0 saturated heterocycles. The Hall–Kier alpha value is -2.26. The van der Waals surface area contributed by atoms with Gasteiger partial charge in [-0.25, -0.2) is 0 Å². The summed E-state index contributed by atoms with van der Waals surface area (Å²) < 4.78 is 44.1. The van der Waals surface area contributed by atoms with Crippen LogP contribution in [0, 0.1) is 0 Å². The highest BCUT2D eigenvalue weighted by Crippen LogP contribution is 2.32. The second-order valence-electron chi connectivity index (χ2n) is 7.08. The van der Waals surface area contributed by atoms with E-state index < -0.39 is 17.8 Å². The number of anilines is 1. The number of nitrogens with one attached hydrogen (secondary N) is 1. The van der Waals surface area contributed by atoms with Crippen molar-refractivity contribution in [2.75, 3.05) is 12.8 Å². The van der Waals surface area contributed by atoms with Crippen molar-refractivity contribution in [1.82, 2.24) is 15.1 Å². The number of methoxy groups -OCH3 is 1. The molecule has 6 nitrogen and oxygen atoms in total.